The van der Waals surface area contributed by atoms with Gasteiger partial charge in [0.2, 0.25) is 10.0 Å². The highest BCUT2D eigenvalue weighted by molar-refractivity contribution is 7.88. The van der Waals surface area contributed by atoms with Crippen molar-refractivity contribution in [2.75, 3.05) is 14.2 Å². The number of hydrogen-bond donors (Lipinski definition) is 1. The number of rotatable bonds is 7. The summed E-state index contributed by atoms with van der Waals surface area (Å²) in [6, 6.07) is 13.6. The van der Waals surface area contributed by atoms with Gasteiger partial charge in [-0.05, 0) is 29.3 Å². The minimum Gasteiger partial charge on any atom is -0.497 e. The van der Waals surface area contributed by atoms with Gasteiger partial charge >= 0.3 is 5.97 Å². The Labute approximate surface area is 141 Å². The van der Waals surface area contributed by atoms with Crippen LogP contribution in [0.3, 0.4) is 0 Å². The summed E-state index contributed by atoms with van der Waals surface area (Å²) in [6.45, 7) is 0.159. The van der Waals surface area contributed by atoms with Crippen LogP contribution in [0.4, 0.5) is 0 Å². The van der Waals surface area contributed by atoms with E-state index in [0.717, 1.165) is 5.56 Å². The van der Waals surface area contributed by atoms with Crippen LogP contribution in [-0.4, -0.2) is 28.6 Å². The van der Waals surface area contributed by atoms with Crippen molar-refractivity contribution >= 4 is 16.0 Å². The average molecular weight is 349 g/mol. The van der Waals surface area contributed by atoms with E-state index in [-0.39, 0.29) is 17.9 Å². The van der Waals surface area contributed by atoms with Crippen molar-refractivity contribution in [3.8, 4) is 5.75 Å². The van der Waals surface area contributed by atoms with Crippen molar-refractivity contribution in [1.29, 1.82) is 0 Å². The van der Waals surface area contributed by atoms with Crippen molar-refractivity contribution in [3.63, 3.8) is 0 Å². The highest BCUT2D eigenvalue weighted by atomic mass is 32.2. The predicted molar refractivity (Wildman–Crippen MR) is 90.2 cm³/mol. The lowest BCUT2D eigenvalue weighted by Crippen LogP contribution is -2.25. The number of sulfonamides is 1. The average Bonchev–Trinajstić information content (AvgIpc) is 2.60. The zero-order valence-electron chi connectivity index (χ0n) is 13.5. The molecule has 2 rings (SSSR count). The topological polar surface area (TPSA) is 81.7 Å². The molecule has 24 heavy (non-hydrogen) atoms. The summed E-state index contributed by atoms with van der Waals surface area (Å²) in [5.74, 6) is -0.154. The van der Waals surface area contributed by atoms with Gasteiger partial charge in [0.1, 0.15) is 5.75 Å². The third-order valence-electron chi connectivity index (χ3n) is 3.42. The van der Waals surface area contributed by atoms with Crippen LogP contribution >= 0.6 is 0 Å². The van der Waals surface area contributed by atoms with Crippen LogP contribution in [0.25, 0.3) is 0 Å². The van der Waals surface area contributed by atoms with Crippen LogP contribution in [0.2, 0.25) is 0 Å². The number of ether oxygens (including phenoxy) is 2. The monoisotopic (exact) mass is 349 g/mol. The zero-order valence-corrected chi connectivity index (χ0v) is 14.3. The van der Waals surface area contributed by atoms with Crippen molar-refractivity contribution in [2.24, 2.45) is 0 Å². The Morgan fingerprint density at radius 3 is 2.33 bits per heavy atom. The van der Waals surface area contributed by atoms with Gasteiger partial charge in [-0.3, -0.25) is 0 Å². The van der Waals surface area contributed by atoms with Gasteiger partial charge in [-0.25, -0.2) is 17.9 Å². The highest BCUT2D eigenvalue weighted by Crippen LogP contribution is 2.14. The van der Waals surface area contributed by atoms with E-state index in [9.17, 15) is 13.2 Å². The molecular weight excluding hydrogens is 330 g/mol. The first-order valence-electron chi connectivity index (χ1n) is 7.21. The Morgan fingerprint density at radius 1 is 1.04 bits per heavy atom. The van der Waals surface area contributed by atoms with E-state index in [0.29, 0.717) is 11.3 Å². The zero-order chi connectivity index (χ0) is 17.6. The molecule has 1 N–H and O–H groups in total. The molecule has 0 aliphatic rings. The number of carbonyl (C=O) groups excluding carboxylic acids is 1. The number of carbonyl (C=O) groups is 1. The summed E-state index contributed by atoms with van der Waals surface area (Å²) >= 11 is 0. The van der Waals surface area contributed by atoms with Gasteiger partial charge in [-0.2, -0.15) is 0 Å². The molecular formula is C17H19NO5S. The third kappa shape index (κ3) is 4.81. The number of esters is 1. The molecule has 2 aromatic carbocycles. The number of methoxy groups -OCH3 is 2. The number of benzene rings is 2. The van der Waals surface area contributed by atoms with Crippen LogP contribution in [0, 0.1) is 0 Å². The van der Waals surface area contributed by atoms with E-state index in [4.69, 9.17) is 4.74 Å². The van der Waals surface area contributed by atoms with Gasteiger partial charge in [-0.1, -0.05) is 30.3 Å². The summed E-state index contributed by atoms with van der Waals surface area (Å²) in [5, 5.41) is 0. The standard InChI is InChI=1S/C17H19NO5S/c1-22-15-9-7-13(8-10-15)11-18-24(20,21)12-14-5-3-4-6-16(14)17(19)23-2/h3-10,18H,11-12H2,1-2H3. The summed E-state index contributed by atoms with van der Waals surface area (Å²) in [7, 11) is -0.776. The second-order valence-corrected chi connectivity index (χ2v) is 6.88. The SMILES string of the molecule is COC(=O)c1ccccc1CS(=O)(=O)NCc1ccc(OC)cc1. The van der Waals surface area contributed by atoms with E-state index in [1.165, 1.54) is 7.11 Å². The van der Waals surface area contributed by atoms with E-state index < -0.39 is 16.0 Å². The summed E-state index contributed by atoms with van der Waals surface area (Å²) in [4.78, 5) is 11.7. The van der Waals surface area contributed by atoms with Crippen molar-refractivity contribution in [2.45, 2.75) is 12.3 Å². The maximum atomic E-state index is 12.3. The minimum atomic E-state index is -3.60. The molecule has 128 valence electrons. The number of hydrogen-bond acceptors (Lipinski definition) is 5. The van der Waals surface area contributed by atoms with Gasteiger partial charge in [0.25, 0.3) is 0 Å². The lowest BCUT2D eigenvalue weighted by molar-refractivity contribution is 0.0600. The molecule has 0 aromatic heterocycles. The first-order valence-corrected chi connectivity index (χ1v) is 8.87. The first kappa shape index (κ1) is 18.0. The molecule has 0 unspecified atom stereocenters. The highest BCUT2D eigenvalue weighted by Gasteiger charge is 2.17. The molecule has 0 spiro atoms. The molecule has 0 saturated carbocycles. The van der Waals surface area contributed by atoms with Crippen molar-refractivity contribution < 1.29 is 22.7 Å². The maximum absolute atomic E-state index is 12.3. The van der Waals surface area contributed by atoms with Crippen LogP contribution in [-0.2, 0) is 27.1 Å². The Kier molecular flexibility index (Phi) is 5.94. The molecule has 0 aliphatic heterocycles. The van der Waals surface area contributed by atoms with Gasteiger partial charge in [0.05, 0.1) is 25.5 Å². The van der Waals surface area contributed by atoms with E-state index >= 15 is 0 Å². The molecule has 0 aliphatic carbocycles. The smallest absolute Gasteiger partial charge is 0.338 e. The van der Waals surface area contributed by atoms with Crippen LogP contribution < -0.4 is 9.46 Å². The quantitative estimate of drug-likeness (QED) is 0.774. The van der Waals surface area contributed by atoms with Gasteiger partial charge in [0.15, 0.2) is 0 Å². The Morgan fingerprint density at radius 2 is 1.71 bits per heavy atom. The van der Waals surface area contributed by atoms with Gasteiger partial charge in [-0.15, -0.1) is 0 Å². The van der Waals surface area contributed by atoms with Gasteiger partial charge in [0, 0.05) is 6.54 Å². The molecule has 0 saturated heterocycles. The summed E-state index contributed by atoms with van der Waals surface area (Å²) < 4.78 is 36.8. The molecule has 0 fully saturated rings. The van der Waals surface area contributed by atoms with Crippen LogP contribution in [0.15, 0.2) is 48.5 Å². The predicted octanol–water partition coefficient (Wildman–Crippen LogP) is 2.10. The lowest BCUT2D eigenvalue weighted by atomic mass is 10.1. The first-order chi connectivity index (χ1) is 11.4. The lowest BCUT2D eigenvalue weighted by Gasteiger charge is -2.10. The molecule has 0 bridgehead atoms. The molecule has 7 heteroatoms. The van der Waals surface area contributed by atoms with E-state index in [2.05, 4.69) is 9.46 Å². The van der Waals surface area contributed by atoms with Crippen molar-refractivity contribution in [3.05, 3.63) is 65.2 Å². The second kappa shape index (κ2) is 7.94. The summed E-state index contributed by atoms with van der Waals surface area (Å²) in [5.41, 5.74) is 1.45. The fourth-order valence-electron chi connectivity index (χ4n) is 2.15. The molecule has 0 radical (unpaired) electrons. The van der Waals surface area contributed by atoms with Gasteiger partial charge < -0.3 is 9.47 Å². The van der Waals surface area contributed by atoms with E-state index in [1.54, 1.807) is 55.6 Å². The Bertz CT molecular complexity index is 800. The Balaban J connectivity index is 2.07. The minimum absolute atomic E-state index is 0.159. The molecule has 0 heterocycles. The maximum Gasteiger partial charge on any atom is 0.338 e. The second-order valence-electron chi connectivity index (χ2n) is 5.08. The fourth-order valence-corrected chi connectivity index (χ4v) is 3.30. The van der Waals surface area contributed by atoms with Crippen LogP contribution in [0.1, 0.15) is 21.5 Å². The normalized spacial score (nSPS) is 11.1. The molecule has 0 amide bonds. The molecule has 6 nitrogen and oxygen atoms in total. The van der Waals surface area contributed by atoms with Crippen LogP contribution in [0.5, 0.6) is 5.75 Å². The summed E-state index contributed by atoms with van der Waals surface area (Å²) in [6.07, 6.45) is 0. The third-order valence-corrected chi connectivity index (χ3v) is 4.70. The van der Waals surface area contributed by atoms with Crippen molar-refractivity contribution in [1.82, 2.24) is 4.72 Å². The van der Waals surface area contributed by atoms with E-state index in [1.807, 2.05) is 0 Å². The molecule has 0 atom stereocenters. The largest absolute Gasteiger partial charge is 0.497 e. The molecule has 2 aromatic rings. The fraction of sp³-hybridized carbons (Fsp3) is 0.235. The Hall–Kier alpha value is -2.38. The number of nitrogens with one attached hydrogen (secondary N) is 1.